The van der Waals surface area contributed by atoms with E-state index in [9.17, 15) is 9.90 Å². The molecular weight excluding hydrogens is 252 g/mol. The van der Waals surface area contributed by atoms with E-state index in [0.717, 1.165) is 45.1 Å². The van der Waals surface area contributed by atoms with Gasteiger partial charge in [-0.1, -0.05) is 13.8 Å². The summed E-state index contributed by atoms with van der Waals surface area (Å²) < 4.78 is 0. The molecule has 2 atom stereocenters. The molecule has 2 fully saturated rings. The predicted octanol–water partition coefficient (Wildman–Crippen LogP) is 2.48. The summed E-state index contributed by atoms with van der Waals surface area (Å²) in [5, 5.41) is 13.1. The summed E-state index contributed by atoms with van der Waals surface area (Å²) in [6.07, 6.45) is 7.16. The second kappa shape index (κ2) is 6.44. The summed E-state index contributed by atoms with van der Waals surface area (Å²) in [5.41, 5.74) is -0.670. The van der Waals surface area contributed by atoms with Gasteiger partial charge in [0, 0.05) is 12.1 Å². The average Bonchev–Trinajstić information content (AvgIpc) is 3.19. The van der Waals surface area contributed by atoms with Crippen LogP contribution in [0.15, 0.2) is 0 Å². The molecule has 2 rings (SSSR count). The van der Waals surface area contributed by atoms with Gasteiger partial charge in [-0.15, -0.1) is 0 Å². The van der Waals surface area contributed by atoms with Gasteiger partial charge in [0.2, 0.25) is 0 Å². The van der Waals surface area contributed by atoms with Crippen LogP contribution in [0.1, 0.15) is 58.8 Å². The van der Waals surface area contributed by atoms with Crippen LogP contribution < -0.4 is 5.32 Å². The summed E-state index contributed by atoms with van der Waals surface area (Å²) in [6, 6.07) is 0.857. The Labute approximate surface area is 122 Å². The Morgan fingerprint density at radius 2 is 2.10 bits per heavy atom. The summed E-state index contributed by atoms with van der Waals surface area (Å²) in [4.78, 5) is 14.2. The summed E-state index contributed by atoms with van der Waals surface area (Å²) in [7, 11) is 2.15. The molecule has 0 saturated heterocycles. The zero-order valence-corrected chi connectivity index (χ0v) is 13.2. The molecule has 2 aliphatic rings. The minimum absolute atomic E-state index is 0.407. The highest BCUT2D eigenvalue weighted by atomic mass is 16.4. The average molecular weight is 282 g/mol. The Hall–Kier alpha value is -0.610. The molecule has 2 N–H and O–H groups in total. The maximum Gasteiger partial charge on any atom is 0.323 e. The monoisotopic (exact) mass is 282 g/mol. The van der Waals surface area contributed by atoms with E-state index in [1.807, 2.05) is 0 Å². The second-order valence-corrected chi connectivity index (χ2v) is 7.22. The molecule has 2 aliphatic carbocycles. The fraction of sp³-hybridized carbons (Fsp3) is 0.938. The Morgan fingerprint density at radius 3 is 2.65 bits per heavy atom. The van der Waals surface area contributed by atoms with Crippen molar-refractivity contribution in [3.63, 3.8) is 0 Å². The summed E-state index contributed by atoms with van der Waals surface area (Å²) in [6.45, 7) is 5.55. The topological polar surface area (TPSA) is 52.6 Å². The van der Waals surface area contributed by atoms with Crippen LogP contribution in [0.5, 0.6) is 0 Å². The number of carbonyl (C=O) groups is 1. The van der Waals surface area contributed by atoms with Gasteiger partial charge >= 0.3 is 5.97 Å². The Balaban J connectivity index is 1.95. The normalized spacial score (nSPS) is 30.9. The van der Waals surface area contributed by atoms with Crippen molar-refractivity contribution in [1.29, 1.82) is 0 Å². The highest BCUT2D eigenvalue weighted by Crippen LogP contribution is 2.34. The van der Waals surface area contributed by atoms with Crippen molar-refractivity contribution in [2.45, 2.75) is 76.4 Å². The van der Waals surface area contributed by atoms with Crippen LogP contribution in [0, 0.1) is 5.92 Å². The van der Waals surface area contributed by atoms with E-state index < -0.39 is 11.5 Å². The SMILES string of the molecule is CC(C)CCN(C)C1CCCC(NC2CC2)(C(=O)O)C1. The second-order valence-electron chi connectivity index (χ2n) is 7.22. The standard InChI is InChI=1S/C16H30N2O2/c1-12(2)8-10-18(3)14-5-4-9-16(11-14,15(19)20)17-13-6-7-13/h12-14,17H,4-11H2,1-3H3,(H,19,20). The molecule has 4 heteroatoms. The van der Waals surface area contributed by atoms with Gasteiger partial charge in [0.1, 0.15) is 5.54 Å². The van der Waals surface area contributed by atoms with Crippen molar-refractivity contribution in [3.8, 4) is 0 Å². The van der Waals surface area contributed by atoms with Crippen LogP contribution in [0.4, 0.5) is 0 Å². The van der Waals surface area contributed by atoms with Gasteiger partial charge in [-0.25, -0.2) is 0 Å². The molecule has 0 amide bonds. The van der Waals surface area contributed by atoms with E-state index in [0.29, 0.717) is 18.0 Å². The van der Waals surface area contributed by atoms with Gasteiger partial charge in [0.25, 0.3) is 0 Å². The van der Waals surface area contributed by atoms with Crippen molar-refractivity contribution in [2.24, 2.45) is 5.92 Å². The minimum atomic E-state index is -0.670. The van der Waals surface area contributed by atoms with Crippen LogP contribution in [0.3, 0.4) is 0 Å². The summed E-state index contributed by atoms with van der Waals surface area (Å²) >= 11 is 0. The third kappa shape index (κ3) is 3.95. The third-order valence-electron chi connectivity index (χ3n) is 4.87. The predicted molar refractivity (Wildman–Crippen MR) is 80.9 cm³/mol. The first-order valence-corrected chi connectivity index (χ1v) is 8.14. The van der Waals surface area contributed by atoms with E-state index in [1.54, 1.807) is 0 Å². The number of nitrogens with zero attached hydrogens (tertiary/aromatic N) is 1. The van der Waals surface area contributed by atoms with Crippen LogP contribution in [0.2, 0.25) is 0 Å². The lowest BCUT2D eigenvalue weighted by atomic mass is 9.78. The minimum Gasteiger partial charge on any atom is -0.480 e. The molecule has 2 unspecified atom stereocenters. The molecular formula is C16H30N2O2. The van der Waals surface area contributed by atoms with E-state index >= 15 is 0 Å². The number of aliphatic carboxylic acids is 1. The molecule has 20 heavy (non-hydrogen) atoms. The number of rotatable bonds is 7. The zero-order chi connectivity index (χ0) is 14.8. The Morgan fingerprint density at radius 1 is 1.40 bits per heavy atom. The third-order valence-corrected chi connectivity index (χ3v) is 4.87. The van der Waals surface area contributed by atoms with Crippen LogP contribution >= 0.6 is 0 Å². The van der Waals surface area contributed by atoms with Crippen molar-refractivity contribution >= 4 is 5.97 Å². The molecule has 0 aromatic carbocycles. The first kappa shape index (κ1) is 15.8. The molecule has 0 bridgehead atoms. The molecule has 0 radical (unpaired) electrons. The van der Waals surface area contributed by atoms with Crippen LogP contribution in [-0.4, -0.2) is 47.2 Å². The zero-order valence-electron chi connectivity index (χ0n) is 13.2. The van der Waals surface area contributed by atoms with Gasteiger partial charge < -0.3 is 10.0 Å². The molecule has 0 aromatic heterocycles. The Kier molecular flexibility index (Phi) is 5.08. The number of hydrogen-bond donors (Lipinski definition) is 2. The number of hydrogen-bond acceptors (Lipinski definition) is 3. The fourth-order valence-corrected chi connectivity index (χ4v) is 3.27. The maximum absolute atomic E-state index is 11.8. The lowest BCUT2D eigenvalue weighted by Gasteiger charge is -2.42. The molecule has 0 aromatic rings. The molecule has 0 heterocycles. The van der Waals surface area contributed by atoms with Gasteiger partial charge in [-0.2, -0.15) is 0 Å². The molecule has 2 saturated carbocycles. The Bertz CT molecular complexity index is 341. The van der Waals surface area contributed by atoms with Crippen molar-refractivity contribution < 1.29 is 9.90 Å². The first-order valence-electron chi connectivity index (χ1n) is 8.14. The molecule has 0 aliphatic heterocycles. The van der Waals surface area contributed by atoms with E-state index in [2.05, 4.69) is 31.1 Å². The largest absolute Gasteiger partial charge is 0.480 e. The molecule has 116 valence electrons. The number of carboxylic acids is 1. The van der Waals surface area contributed by atoms with Gasteiger partial charge in [-0.3, -0.25) is 10.1 Å². The lowest BCUT2D eigenvalue weighted by Crippen LogP contribution is -2.58. The van der Waals surface area contributed by atoms with E-state index in [1.165, 1.54) is 6.42 Å². The lowest BCUT2D eigenvalue weighted by molar-refractivity contribution is -0.147. The van der Waals surface area contributed by atoms with Crippen LogP contribution in [-0.2, 0) is 4.79 Å². The smallest absolute Gasteiger partial charge is 0.323 e. The molecule has 0 spiro atoms. The van der Waals surface area contributed by atoms with E-state index in [-0.39, 0.29) is 0 Å². The fourth-order valence-electron chi connectivity index (χ4n) is 3.27. The maximum atomic E-state index is 11.8. The number of nitrogens with one attached hydrogen (secondary N) is 1. The number of carboxylic acid groups (broad SMARTS) is 1. The quantitative estimate of drug-likeness (QED) is 0.753. The van der Waals surface area contributed by atoms with Gasteiger partial charge in [-0.05, 0) is 64.5 Å². The van der Waals surface area contributed by atoms with Crippen molar-refractivity contribution in [1.82, 2.24) is 10.2 Å². The summed E-state index contributed by atoms with van der Waals surface area (Å²) in [5.74, 6) is 0.0567. The van der Waals surface area contributed by atoms with Crippen molar-refractivity contribution in [2.75, 3.05) is 13.6 Å². The van der Waals surface area contributed by atoms with Gasteiger partial charge in [0.05, 0.1) is 0 Å². The molecule has 4 nitrogen and oxygen atoms in total. The first-order chi connectivity index (χ1) is 9.43. The van der Waals surface area contributed by atoms with Gasteiger partial charge in [0.15, 0.2) is 0 Å². The van der Waals surface area contributed by atoms with Crippen molar-refractivity contribution in [3.05, 3.63) is 0 Å². The van der Waals surface area contributed by atoms with Crippen LogP contribution in [0.25, 0.3) is 0 Å². The highest BCUT2D eigenvalue weighted by molar-refractivity contribution is 5.79. The highest BCUT2D eigenvalue weighted by Gasteiger charge is 2.46. The van der Waals surface area contributed by atoms with E-state index in [4.69, 9.17) is 0 Å².